The first kappa shape index (κ1) is 19.3. The first-order valence-electron chi connectivity index (χ1n) is 8.73. The van der Waals surface area contributed by atoms with Crippen molar-refractivity contribution in [1.82, 2.24) is 4.98 Å². The van der Waals surface area contributed by atoms with Crippen LogP contribution in [0, 0.1) is 17.5 Å². The summed E-state index contributed by atoms with van der Waals surface area (Å²) >= 11 is 5.70. The Morgan fingerprint density at radius 1 is 1.17 bits per heavy atom. The van der Waals surface area contributed by atoms with Crippen molar-refractivity contribution in [3.63, 3.8) is 0 Å². The Morgan fingerprint density at radius 3 is 2.79 bits per heavy atom. The molecule has 29 heavy (non-hydrogen) atoms. The van der Waals surface area contributed by atoms with Crippen molar-refractivity contribution < 1.29 is 22.7 Å². The minimum absolute atomic E-state index is 0.144. The summed E-state index contributed by atoms with van der Waals surface area (Å²) in [6.45, 7) is -0.123. The van der Waals surface area contributed by atoms with Crippen LogP contribution in [0.25, 0.3) is 0 Å². The highest BCUT2D eigenvalue weighted by atomic mass is 35.5. The number of benzene rings is 2. The van der Waals surface area contributed by atoms with Gasteiger partial charge in [-0.3, -0.25) is 4.79 Å². The van der Waals surface area contributed by atoms with Crippen molar-refractivity contribution in [2.45, 2.75) is 12.5 Å². The highest BCUT2D eigenvalue weighted by molar-refractivity contribution is 6.30. The zero-order chi connectivity index (χ0) is 20.5. The lowest BCUT2D eigenvalue weighted by molar-refractivity contribution is 0.0957. The van der Waals surface area contributed by atoms with E-state index in [1.165, 1.54) is 12.1 Å². The molecule has 1 unspecified atom stereocenters. The van der Waals surface area contributed by atoms with Gasteiger partial charge in [0.1, 0.15) is 24.1 Å². The van der Waals surface area contributed by atoms with E-state index in [9.17, 15) is 18.0 Å². The molecule has 1 atom stereocenters. The number of fused-ring (bicyclic) bond motifs is 1. The highest BCUT2D eigenvalue weighted by Gasteiger charge is 2.34. The predicted molar refractivity (Wildman–Crippen MR) is 102 cm³/mol. The van der Waals surface area contributed by atoms with E-state index in [1.54, 1.807) is 18.3 Å². The Kier molecular flexibility index (Phi) is 5.15. The van der Waals surface area contributed by atoms with Gasteiger partial charge in [-0.2, -0.15) is 0 Å². The van der Waals surface area contributed by atoms with Gasteiger partial charge < -0.3 is 10.1 Å². The molecule has 0 fully saturated rings. The minimum Gasteiger partial charge on any atom is -0.486 e. The van der Waals surface area contributed by atoms with Gasteiger partial charge in [-0.05, 0) is 30.3 Å². The summed E-state index contributed by atoms with van der Waals surface area (Å²) in [5.74, 6) is -4.05. The molecule has 0 saturated carbocycles. The van der Waals surface area contributed by atoms with E-state index in [0.29, 0.717) is 11.4 Å². The van der Waals surface area contributed by atoms with Crippen LogP contribution in [0.15, 0.2) is 48.7 Å². The Bertz CT molecular complexity index is 1110. The average molecular weight is 419 g/mol. The van der Waals surface area contributed by atoms with Gasteiger partial charge in [-0.1, -0.05) is 23.7 Å². The molecule has 2 heterocycles. The van der Waals surface area contributed by atoms with Crippen molar-refractivity contribution in [2.24, 2.45) is 0 Å². The lowest BCUT2D eigenvalue weighted by Crippen LogP contribution is -2.18. The summed E-state index contributed by atoms with van der Waals surface area (Å²) in [5, 5.41) is 3.17. The molecule has 3 aromatic rings. The number of halogens is 4. The summed E-state index contributed by atoms with van der Waals surface area (Å²) < 4.78 is 48.5. The van der Waals surface area contributed by atoms with Gasteiger partial charge >= 0.3 is 0 Å². The SMILES string of the molecule is O=C(c1c(F)ccc(OCc2ccc(Cl)cc2F)c1F)C1CNc2ncccc21. The minimum atomic E-state index is -1.12. The smallest absolute Gasteiger partial charge is 0.178 e. The summed E-state index contributed by atoms with van der Waals surface area (Å²) in [6, 6.07) is 9.34. The summed E-state index contributed by atoms with van der Waals surface area (Å²) in [7, 11) is 0. The number of ketones is 1. The van der Waals surface area contributed by atoms with Crippen molar-refractivity contribution in [1.29, 1.82) is 0 Å². The zero-order valence-electron chi connectivity index (χ0n) is 14.9. The summed E-state index contributed by atoms with van der Waals surface area (Å²) in [4.78, 5) is 17.0. The molecular formula is C21H14ClF3N2O2. The van der Waals surface area contributed by atoms with Gasteiger partial charge in [0.2, 0.25) is 0 Å². The van der Waals surface area contributed by atoms with Crippen LogP contribution in [-0.4, -0.2) is 17.3 Å². The Hall–Kier alpha value is -3.06. The van der Waals surface area contributed by atoms with Gasteiger partial charge in [-0.25, -0.2) is 18.2 Å². The quantitative estimate of drug-likeness (QED) is 0.584. The summed E-state index contributed by atoms with van der Waals surface area (Å²) in [5.41, 5.74) is 0.0273. The average Bonchev–Trinajstić information content (AvgIpc) is 3.13. The second-order valence-corrected chi connectivity index (χ2v) is 6.93. The number of aromatic nitrogens is 1. The van der Waals surface area contributed by atoms with Crippen LogP contribution in [0.1, 0.15) is 27.4 Å². The van der Waals surface area contributed by atoms with Crippen LogP contribution in [-0.2, 0) is 6.61 Å². The molecule has 1 aliphatic heterocycles. The van der Waals surface area contributed by atoms with E-state index in [2.05, 4.69) is 10.3 Å². The molecule has 2 aromatic carbocycles. The molecule has 1 aliphatic rings. The van der Waals surface area contributed by atoms with Crippen molar-refractivity contribution in [2.75, 3.05) is 11.9 Å². The zero-order valence-corrected chi connectivity index (χ0v) is 15.6. The van der Waals surface area contributed by atoms with Crippen molar-refractivity contribution in [3.05, 3.63) is 87.8 Å². The third-order valence-corrected chi connectivity index (χ3v) is 4.94. The first-order valence-corrected chi connectivity index (χ1v) is 9.11. The number of ether oxygens (including phenoxy) is 1. The molecule has 0 spiro atoms. The van der Waals surface area contributed by atoms with Gasteiger partial charge in [0.05, 0.1) is 11.5 Å². The van der Waals surface area contributed by atoms with Crippen molar-refractivity contribution >= 4 is 23.2 Å². The van der Waals surface area contributed by atoms with E-state index in [1.807, 2.05) is 0 Å². The number of Topliss-reactive ketones (excluding diaryl/α,β-unsaturated/α-hetero) is 1. The second kappa shape index (κ2) is 7.75. The summed E-state index contributed by atoms with van der Waals surface area (Å²) in [6.07, 6.45) is 1.56. The number of hydrogen-bond acceptors (Lipinski definition) is 4. The Labute approximate surface area is 169 Å². The van der Waals surface area contributed by atoms with E-state index >= 15 is 0 Å². The van der Waals surface area contributed by atoms with Gasteiger partial charge in [0, 0.05) is 28.9 Å². The van der Waals surface area contributed by atoms with E-state index in [-0.39, 0.29) is 29.5 Å². The molecule has 0 saturated heterocycles. The lowest BCUT2D eigenvalue weighted by Gasteiger charge is -2.14. The first-order chi connectivity index (χ1) is 14.0. The molecule has 0 amide bonds. The van der Waals surface area contributed by atoms with E-state index in [4.69, 9.17) is 16.3 Å². The Morgan fingerprint density at radius 2 is 2.00 bits per heavy atom. The van der Waals surface area contributed by atoms with Crippen molar-refractivity contribution in [3.8, 4) is 5.75 Å². The normalized spacial score (nSPS) is 15.0. The third-order valence-electron chi connectivity index (χ3n) is 4.70. The fraction of sp³-hybridized carbons (Fsp3) is 0.143. The number of pyridine rings is 1. The van der Waals surface area contributed by atoms with Gasteiger partial charge in [-0.15, -0.1) is 0 Å². The fourth-order valence-corrected chi connectivity index (χ4v) is 3.39. The van der Waals surface area contributed by atoms with Crippen LogP contribution in [0.3, 0.4) is 0 Å². The maximum Gasteiger partial charge on any atom is 0.178 e. The number of anilines is 1. The lowest BCUT2D eigenvalue weighted by atomic mass is 9.92. The standard InChI is InChI=1S/C21H14ClF3N2O2/c22-12-4-3-11(16(24)8-12)10-29-17-6-5-15(23)18(19(17)25)20(28)14-9-27-21-13(14)2-1-7-26-21/h1-8,14H,9-10H2,(H,26,27). The van der Waals surface area contributed by atoms with Crippen LogP contribution < -0.4 is 10.1 Å². The predicted octanol–water partition coefficient (Wildman–Crippen LogP) is 5.12. The fourth-order valence-electron chi connectivity index (χ4n) is 3.23. The third kappa shape index (κ3) is 3.65. The number of rotatable bonds is 5. The number of hydrogen-bond donors (Lipinski definition) is 1. The van der Waals surface area contributed by atoms with Crippen LogP contribution in [0.5, 0.6) is 5.75 Å². The van der Waals surface area contributed by atoms with Gasteiger partial charge in [0.25, 0.3) is 0 Å². The van der Waals surface area contributed by atoms with E-state index in [0.717, 1.165) is 18.2 Å². The number of carbonyl (C=O) groups is 1. The maximum atomic E-state index is 14.9. The molecule has 0 radical (unpaired) electrons. The largest absolute Gasteiger partial charge is 0.486 e. The molecule has 4 rings (SSSR count). The van der Waals surface area contributed by atoms with E-state index < -0.39 is 34.7 Å². The monoisotopic (exact) mass is 418 g/mol. The van der Waals surface area contributed by atoms with Crippen LogP contribution in [0.4, 0.5) is 19.0 Å². The number of carbonyl (C=O) groups excluding carboxylic acids is 1. The molecular weight excluding hydrogens is 405 g/mol. The highest BCUT2D eigenvalue weighted by Crippen LogP contribution is 2.35. The number of nitrogens with one attached hydrogen (secondary N) is 1. The second-order valence-electron chi connectivity index (χ2n) is 6.50. The topological polar surface area (TPSA) is 51.2 Å². The molecule has 8 heteroatoms. The maximum absolute atomic E-state index is 14.9. The van der Waals surface area contributed by atoms with Crippen LogP contribution >= 0.6 is 11.6 Å². The Balaban J connectivity index is 1.61. The number of nitrogens with zero attached hydrogens (tertiary/aromatic N) is 1. The van der Waals surface area contributed by atoms with Gasteiger partial charge in [0.15, 0.2) is 17.3 Å². The molecule has 1 aromatic heterocycles. The molecule has 148 valence electrons. The molecule has 0 bridgehead atoms. The molecule has 1 N–H and O–H groups in total. The van der Waals surface area contributed by atoms with Crippen LogP contribution in [0.2, 0.25) is 5.02 Å². The molecule has 0 aliphatic carbocycles. The molecule has 4 nitrogen and oxygen atoms in total.